The number of carbonyl (C=O) groups excluding carboxylic acids is 2. The Morgan fingerprint density at radius 1 is 1.19 bits per heavy atom. The Labute approximate surface area is 162 Å². The first kappa shape index (κ1) is 20.8. The largest absolute Gasteiger partial charge is 0.497 e. The summed E-state index contributed by atoms with van der Waals surface area (Å²) < 4.78 is 10.4. The quantitative estimate of drug-likeness (QED) is 0.644. The van der Waals surface area contributed by atoms with Crippen molar-refractivity contribution in [3.8, 4) is 5.75 Å². The topological polar surface area (TPSA) is 102 Å². The van der Waals surface area contributed by atoms with Crippen LogP contribution in [-0.4, -0.2) is 42.3 Å². The number of aromatic nitrogens is 2. The van der Waals surface area contributed by atoms with Crippen molar-refractivity contribution in [3.63, 3.8) is 0 Å². The Morgan fingerprint density at radius 2 is 1.93 bits per heavy atom. The second kappa shape index (κ2) is 10.6. The molecule has 0 saturated heterocycles. The Balaban J connectivity index is 1.75. The lowest BCUT2D eigenvalue weighted by atomic mass is 10.1. The van der Waals surface area contributed by atoms with Gasteiger partial charge in [0, 0.05) is 12.2 Å². The van der Waals surface area contributed by atoms with E-state index in [1.807, 2.05) is 0 Å². The molecule has 2 aromatic rings. The van der Waals surface area contributed by atoms with E-state index in [4.69, 9.17) is 9.47 Å². The predicted octanol–water partition coefficient (Wildman–Crippen LogP) is 2.48. The summed E-state index contributed by atoms with van der Waals surface area (Å²) >= 11 is 1.13. The molecule has 2 amide bonds. The van der Waals surface area contributed by atoms with E-state index in [0.29, 0.717) is 28.9 Å². The van der Waals surface area contributed by atoms with Crippen LogP contribution in [0, 0.1) is 5.92 Å². The molecule has 2 N–H and O–H groups in total. The molecule has 0 aliphatic rings. The van der Waals surface area contributed by atoms with Crippen LogP contribution in [0.2, 0.25) is 0 Å². The highest BCUT2D eigenvalue weighted by Crippen LogP contribution is 2.17. The summed E-state index contributed by atoms with van der Waals surface area (Å²) in [6, 6.07) is 6.97. The fourth-order valence-corrected chi connectivity index (χ4v) is 2.72. The molecular formula is C18H24N4O4S. The van der Waals surface area contributed by atoms with Crippen LogP contribution in [0.25, 0.3) is 0 Å². The number of hydrogen-bond acceptors (Lipinski definition) is 7. The fraction of sp³-hybridized carbons (Fsp3) is 0.444. The zero-order valence-corrected chi connectivity index (χ0v) is 16.5. The van der Waals surface area contributed by atoms with Gasteiger partial charge in [-0.15, -0.1) is 10.2 Å². The van der Waals surface area contributed by atoms with E-state index in [1.165, 1.54) is 0 Å². The third-order valence-corrected chi connectivity index (χ3v) is 4.41. The van der Waals surface area contributed by atoms with E-state index in [0.717, 1.165) is 17.8 Å². The maximum atomic E-state index is 12.2. The maximum Gasteiger partial charge on any atom is 0.286 e. The Bertz CT molecular complexity index is 746. The molecule has 2 rings (SSSR count). The molecule has 0 aliphatic heterocycles. The van der Waals surface area contributed by atoms with Crippen LogP contribution in [0.1, 0.15) is 35.1 Å². The highest BCUT2D eigenvalue weighted by Gasteiger charge is 2.13. The molecule has 8 nitrogen and oxygen atoms in total. The van der Waals surface area contributed by atoms with Gasteiger partial charge >= 0.3 is 0 Å². The molecule has 0 unspecified atom stereocenters. The maximum absolute atomic E-state index is 12.2. The number of hydrogen-bond donors (Lipinski definition) is 2. The first-order valence-corrected chi connectivity index (χ1v) is 9.41. The molecule has 1 aromatic carbocycles. The van der Waals surface area contributed by atoms with Crippen LogP contribution in [0.15, 0.2) is 24.3 Å². The predicted molar refractivity (Wildman–Crippen MR) is 103 cm³/mol. The van der Waals surface area contributed by atoms with Gasteiger partial charge in [0.25, 0.3) is 5.91 Å². The molecule has 27 heavy (non-hydrogen) atoms. The third-order valence-electron chi connectivity index (χ3n) is 3.51. The monoisotopic (exact) mass is 392 g/mol. The zero-order valence-electron chi connectivity index (χ0n) is 15.7. The highest BCUT2D eigenvalue weighted by molar-refractivity contribution is 7.13. The van der Waals surface area contributed by atoms with E-state index < -0.39 is 0 Å². The van der Waals surface area contributed by atoms with Crippen molar-refractivity contribution in [2.45, 2.75) is 26.9 Å². The highest BCUT2D eigenvalue weighted by atomic mass is 32.1. The number of nitrogens with one attached hydrogen (secondary N) is 2. The number of rotatable bonds is 10. The molecule has 0 radical (unpaired) electrons. The second-order valence-electron chi connectivity index (χ2n) is 6.21. The van der Waals surface area contributed by atoms with Gasteiger partial charge in [0.1, 0.15) is 24.0 Å². The van der Waals surface area contributed by atoms with Crippen molar-refractivity contribution in [1.82, 2.24) is 15.5 Å². The fourth-order valence-electron chi connectivity index (χ4n) is 2.04. The summed E-state index contributed by atoms with van der Waals surface area (Å²) in [4.78, 5) is 23.8. The smallest absolute Gasteiger partial charge is 0.286 e. The van der Waals surface area contributed by atoms with E-state index in [9.17, 15) is 9.59 Å². The van der Waals surface area contributed by atoms with Crippen LogP contribution in [0.3, 0.4) is 0 Å². The average Bonchev–Trinajstić information content (AvgIpc) is 3.11. The summed E-state index contributed by atoms with van der Waals surface area (Å²) in [6.07, 6.45) is 0.925. The Hall–Kier alpha value is -2.52. The first-order valence-electron chi connectivity index (χ1n) is 8.60. The van der Waals surface area contributed by atoms with Gasteiger partial charge in [-0.3, -0.25) is 9.59 Å². The van der Waals surface area contributed by atoms with Gasteiger partial charge in [-0.25, -0.2) is 0 Å². The van der Waals surface area contributed by atoms with E-state index in [-0.39, 0.29) is 30.0 Å². The molecule has 146 valence electrons. The van der Waals surface area contributed by atoms with Crippen LogP contribution in [-0.2, 0) is 16.1 Å². The van der Waals surface area contributed by atoms with Crippen LogP contribution >= 0.6 is 11.3 Å². The number of anilines is 1. The summed E-state index contributed by atoms with van der Waals surface area (Å²) in [5.74, 6) is 0.722. The molecule has 0 aliphatic carbocycles. The van der Waals surface area contributed by atoms with Crippen molar-refractivity contribution in [2.75, 3.05) is 25.6 Å². The lowest BCUT2D eigenvalue weighted by Gasteiger charge is -2.07. The van der Waals surface area contributed by atoms with Crippen molar-refractivity contribution in [3.05, 3.63) is 34.3 Å². The van der Waals surface area contributed by atoms with Gasteiger partial charge in [0.15, 0.2) is 0 Å². The van der Waals surface area contributed by atoms with E-state index >= 15 is 0 Å². The van der Waals surface area contributed by atoms with Crippen molar-refractivity contribution < 1.29 is 19.1 Å². The molecule has 1 heterocycles. The number of benzene rings is 1. The van der Waals surface area contributed by atoms with Crippen molar-refractivity contribution in [1.29, 1.82) is 0 Å². The van der Waals surface area contributed by atoms with E-state index in [1.54, 1.807) is 31.4 Å². The van der Waals surface area contributed by atoms with E-state index in [2.05, 4.69) is 34.7 Å². The van der Waals surface area contributed by atoms with Gasteiger partial charge in [-0.1, -0.05) is 25.2 Å². The lowest BCUT2D eigenvalue weighted by molar-refractivity contribution is -0.126. The van der Waals surface area contributed by atoms with Gasteiger partial charge in [0.05, 0.1) is 7.11 Å². The number of nitrogens with zero attached hydrogens (tertiary/aromatic N) is 2. The summed E-state index contributed by atoms with van der Waals surface area (Å²) in [7, 11) is 1.58. The summed E-state index contributed by atoms with van der Waals surface area (Å²) in [6.45, 7) is 4.91. The minimum atomic E-state index is -0.352. The van der Waals surface area contributed by atoms with Gasteiger partial charge in [-0.2, -0.15) is 0 Å². The normalized spacial score (nSPS) is 10.7. The summed E-state index contributed by atoms with van der Waals surface area (Å²) in [5, 5.41) is 14.1. The van der Waals surface area contributed by atoms with Gasteiger partial charge in [-0.05, 0) is 36.6 Å². The summed E-state index contributed by atoms with van der Waals surface area (Å²) in [5.41, 5.74) is 0.631. The Kier molecular flexibility index (Phi) is 8.15. The molecule has 0 fully saturated rings. The number of amides is 2. The minimum absolute atomic E-state index is 0.0505. The van der Waals surface area contributed by atoms with Crippen LogP contribution in [0.4, 0.5) is 5.69 Å². The van der Waals surface area contributed by atoms with Crippen LogP contribution < -0.4 is 15.4 Å². The molecule has 1 aromatic heterocycles. The standard InChI is InChI=1S/C18H24N4O4S/c1-12(2)8-9-19-15(23)10-26-11-16-21-22-18(27-16)17(24)20-13-4-6-14(25-3)7-5-13/h4-7,12H,8-11H2,1-3H3,(H,19,23)(H,20,24). The molecular weight excluding hydrogens is 368 g/mol. The molecule has 0 bridgehead atoms. The number of carbonyl (C=O) groups is 2. The average molecular weight is 392 g/mol. The first-order chi connectivity index (χ1) is 13.0. The second-order valence-corrected chi connectivity index (χ2v) is 7.27. The zero-order chi connectivity index (χ0) is 19.6. The van der Waals surface area contributed by atoms with Crippen molar-refractivity contribution >= 4 is 28.8 Å². The lowest BCUT2D eigenvalue weighted by Crippen LogP contribution is -2.29. The molecule has 0 spiro atoms. The SMILES string of the molecule is COc1ccc(NC(=O)c2nnc(COCC(=O)NCCC(C)C)s2)cc1. The van der Waals surface area contributed by atoms with Gasteiger partial charge < -0.3 is 20.1 Å². The molecule has 0 atom stereocenters. The minimum Gasteiger partial charge on any atom is -0.497 e. The molecule has 9 heteroatoms. The van der Waals surface area contributed by atoms with Gasteiger partial charge in [0.2, 0.25) is 10.9 Å². The van der Waals surface area contributed by atoms with Crippen molar-refractivity contribution in [2.24, 2.45) is 5.92 Å². The Morgan fingerprint density at radius 3 is 2.59 bits per heavy atom. The third kappa shape index (κ3) is 7.32. The number of methoxy groups -OCH3 is 1. The molecule has 0 saturated carbocycles. The van der Waals surface area contributed by atoms with Crippen LogP contribution in [0.5, 0.6) is 5.75 Å². The number of ether oxygens (including phenoxy) is 2.